The third-order valence-corrected chi connectivity index (χ3v) is 4.78. The van der Waals surface area contributed by atoms with Crippen LogP contribution in [0.25, 0.3) is 11.0 Å². The molecule has 0 aliphatic heterocycles. The lowest BCUT2D eigenvalue weighted by Crippen LogP contribution is -2.30. The fourth-order valence-corrected chi connectivity index (χ4v) is 3.12. The Morgan fingerprint density at radius 3 is 2.05 bits per heavy atom. The fraction of sp³-hybridized carbons (Fsp3) is 0.333. The number of hydrogen-bond acceptors (Lipinski definition) is 4. The summed E-state index contributed by atoms with van der Waals surface area (Å²) in [7, 11) is 0. The van der Waals surface area contributed by atoms with Crippen LogP contribution in [0.4, 0.5) is 5.69 Å². The van der Waals surface area contributed by atoms with E-state index >= 15 is 0 Å². The highest BCUT2D eigenvalue weighted by Crippen LogP contribution is 2.53. The summed E-state index contributed by atoms with van der Waals surface area (Å²) in [6, 6.07) is 4.14. The van der Waals surface area contributed by atoms with Gasteiger partial charge in [0.25, 0.3) is 5.69 Å². The van der Waals surface area contributed by atoms with Crippen molar-refractivity contribution in [3.63, 3.8) is 0 Å². The second-order valence-corrected chi connectivity index (χ2v) is 7.73. The number of nitro benzene ring substituents is 1. The van der Waals surface area contributed by atoms with E-state index in [1.807, 2.05) is 0 Å². The highest BCUT2D eigenvalue weighted by molar-refractivity contribution is 6.51. The van der Waals surface area contributed by atoms with E-state index in [0.29, 0.717) is 29.6 Å². The van der Waals surface area contributed by atoms with Gasteiger partial charge in [-0.25, -0.2) is 9.97 Å². The molecule has 0 amide bonds. The Bertz CT molecular complexity index is 763. The van der Waals surface area contributed by atoms with Crippen LogP contribution in [-0.2, 0) is 8.67 Å². The molecule has 110 valence electrons. The first-order chi connectivity index (χ1) is 9.71. The van der Waals surface area contributed by atoms with Crippen molar-refractivity contribution in [3.8, 4) is 0 Å². The maximum atomic E-state index is 10.8. The highest BCUT2D eigenvalue weighted by atomic mass is 35.5. The third-order valence-electron chi connectivity index (χ3n) is 3.30. The minimum absolute atomic E-state index is 0.0923. The van der Waals surface area contributed by atoms with E-state index in [-0.39, 0.29) is 11.4 Å². The topological polar surface area (TPSA) is 68.9 Å². The normalized spacial score (nSPS) is 19.2. The number of hydrogen-bond donors (Lipinski definition) is 0. The molecule has 0 saturated heterocycles. The van der Waals surface area contributed by atoms with Crippen LogP contribution in [0.5, 0.6) is 0 Å². The van der Waals surface area contributed by atoms with E-state index < -0.39 is 13.6 Å². The summed E-state index contributed by atoms with van der Waals surface area (Å²) in [6.07, 6.45) is 0.647. The minimum atomic E-state index is -1.27. The first-order valence-corrected chi connectivity index (χ1v) is 7.45. The van der Waals surface area contributed by atoms with Crippen molar-refractivity contribution in [3.05, 3.63) is 39.7 Å². The Hall–Kier alpha value is -0.880. The van der Waals surface area contributed by atoms with Crippen molar-refractivity contribution < 1.29 is 4.92 Å². The summed E-state index contributed by atoms with van der Waals surface area (Å²) >= 11 is 25.0. The number of non-ortho nitro benzene ring substituents is 1. The Labute approximate surface area is 139 Å². The van der Waals surface area contributed by atoms with Crippen molar-refractivity contribution in [2.75, 3.05) is 0 Å². The standard InChI is InChI=1S/C12H7Cl4N3O2/c13-11(14)3-4-12(15,16)10-9(11)17-7-2-1-6(19(20)21)5-8(7)18-10/h1-2,5H,3-4H2. The van der Waals surface area contributed by atoms with Crippen LogP contribution < -0.4 is 0 Å². The zero-order chi connectivity index (χ0) is 15.4. The van der Waals surface area contributed by atoms with Crippen molar-refractivity contribution in [1.82, 2.24) is 9.97 Å². The zero-order valence-electron chi connectivity index (χ0n) is 10.3. The maximum Gasteiger partial charge on any atom is 0.271 e. The summed E-state index contributed by atoms with van der Waals surface area (Å²) in [5.74, 6) is 0. The molecule has 0 fully saturated rings. The molecular weight excluding hydrogens is 360 g/mol. The van der Waals surface area contributed by atoms with E-state index in [1.54, 1.807) is 0 Å². The van der Waals surface area contributed by atoms with E-state index in [2.05, 4.69) is 9.97 Å². The van der Waals surface area contributed by atoms with Gasteiger partial charge in [-0.05, 0) is 18.9 Å². The number of nitrogens with zero attached hydrogens (tertiary/aromatic N) is 3. The Morgan fingerprint density at radius 1 is 1.00 bits per heavy atom. The van der Waals surface area contributed by atoms with Crippen LogP contribution in [0.15, 0.2) is 18.2 Å². The number of fused-ring (bicyclic) bond motifs is 2. The number of benzene rings is 1. The van der Waals surface area contributed by atoms with Crippen LogP contribution in [0, 0.1) is 10.1 Å². The van der Waals surface area contributed by atoms with E-state index in [0.717, 1.165) is 0 Å². The van der Waals surface area contributed by atoms with Crippen LogP contribution in [0.2, 0.25) is 0 Å². The predicted octanol–water partition coefficient (Wildman–Crippen LogP) is 4.59. The molecule has 3 rings (SSSR count). The predicted molar refractivity (Wildman–Crippen MR) is 82.2 cm³/mol. The molecule has 9 heteroatoms. The van der Waals surface area contributed by atoms with E-state index in [1.165, 1.54) is 18.2 Å². The molecule has 0 unspecified atom stereocenters. The van der Waals surface area contributed by atoms with Crippen LogP contribution >= 0.6 is 46.4 Å². The van der Waals surface area contributed by atoms with Crippen LogP contribution in [-0.4, -0.2) is 14.9 Å². The molecule has 1 aromatic heterocycles. The Kier molecular flexibility index (Phi) is 3.44. The molecule has 0 atom stereocenters. The van der Waals surface area contributed by atoms with Gasteiger partial charge >= 0.3 is 0 Å². The Balaban J connectivity index is 2.30. The average molecular weight is 367 g/mol. The van der Waals surface area contributed by atoms with Gasteiger partial charge in [0.2, 0.25) is 0 Å². The average Bonchev–Trinajstić information content (AvgIpc) is 2.42. The van der Waals surface area contributed by atoms with Gasteiger partial charge in [-0.2, -0.15) is 0 Å². The first kappa shape index (κ1) is 15.0. The van der Waals surface area contributed by atoms with Gasteiger partial charge in [0.15, 0.2) is 8.67 Å². The smallest absolute Gasteiger partial charge is 0.258 e. The molecule has 21 heavy (non-hydrogen) atoms. The molecular formula is C12H7Cl4N3O2. The molecule has 0 bridgehead atoms. The molecule has 5 nitrogen and oxygen atoms in total. The summed E-state index contributed by atoms with van der Waals surface area (Å²) in [5, 5.41) is 10.8. The van der Waals surface area contributed by atoms with Crippen LogP contribution in [0.1, 0.15) is 24.2 Å². The summed E-state index contributed by atoms with van der Waals surface area (Å²) in [4.78, 5) is 19.0. The second kappa shape index (κ2) is 4.81. The second-order valence-electron chi connectivity index (χ2n) is 4.76. The molecule has 1 aromatic carbocycles. The molecule has 0 saturated carbocycles. The summed E-state index contributed by atoms with van der Waals surface area (Å²) in [6.45, 7) is 0. The van der Waals surface area contributed by atoms with Gasteiger partial charge in [-0.1, -0.05) is 46.4 Å². The van der Waals surface area contributed by atoms with Gasteiger partial charge in [0.1, 0.15) is 11.4 Å². The number of aromatic nitrogens is 2. The lowest BCUT2D eigenvalue weighted by Gasteiger charge is -2.33. The van der Waals surface area contributed by atoms with Gasteiger partial charge in [0.05, 0.1) is 16.0 Å². The fourth-order valence-electron chi connectivity index (χ4n) is 2.22. The van der Waals surface area contributed by atoms with Crippen molar-refractivity contribution in [2.45, 2.75) is 21.5 Å². The Morgan fingerprint density at radius 2 is 1.52 bits per heavy atom. The van der Waals surface area contributed by atoms with Crippen molar-refractivity contribution in [1.29, 1.82) is 0 Å². The van der Waals surface area contributed by atoms with Gasteiger partial charge in [-0.15, -0.1) is 0 Å². The highest BCUT2D eigenvalue weighted by Gasteiger charge is 2.46. The molecule has 1 aliphatic rings. The number of halogens is 4. The van der Waals surface area contributed by atoms with Crippen molar-refractivity contribution in [2.24, 2.45) is 0 Å². The number of alkyl halides is 4. The molecule has 0 N–H and O–H groups in total. The molecule has 1 aliphatic carbocycles. The lowest BCUT2D eigenvalue weighted by molar-refractivity contribution is -0.384. The molecule has 2 aromatic rings. The third kappa shape index (κ3) is 2.52. The number of rotatable bonds is 1. The quantitative estimate of drug-likeness (QED) is 0.420. The monoisotopic (exact) mass is 365 g/mol. The van der Waals surface area contributed by atoms with Gasteiger partial charge in [-0.3, -0.25) is 10.1 Å². The van der Waals surface area contributed by atoms with E-state index in [9.17, 15) is 10.1 Å². The molecule has 0 radical (unpaired) electrons. The summed E-state index contributed by atoms with van der Waals surface area (Å²) < 4.78 is -2.50. The van der Waals surface area contributed by atoms with Gasteiger partial charge in [0, 0.05) is 12.1 Å². The van der Waals surface area contributed by atoms with Gasteiger partial charge < -0.3 is 0 Å². The minimum Gasteiger partial charge on any atom is -0.258 e. The van der Waals surface area contributed by atoms with Crippen molar-refractivity contribution >= 4 is 63.1 Å². The lowest BCUT2D eigenvalue weighted by atomic mass is 9.98. The molecule has 0 spiro atoms. The first-order valence-electron chi connectivity index (χ1n) is 5.93. The summed E-state index contributed by atoms with van der Waals surface area (Å²) in [5.41, 5.74) is 1.21. The zero-order valence-corrected chi connectivity index (χ0v) is 13.3. The molecule has 1 heterocycles. The largest absolute Gasteiger partial charge is 0.271 e. The SMILES string of the molecule is O=[N+]([O-])c1ccc2nc3c(nc2c1)C(Cl)(Cl)CCC3(Cl)Cl. The maximum absolute atomic E-state index is 10.8. The van der Waals surface area contributed by atoms with E-state index in [4.69, 9.17) is 46.4 Å². The van der Waals surface area contributed by atoms with Crippen LogP contribution in [0.3, 0.4) is 0 Å². The number of nitro groups is 1.